The van der Waals surface area contributed by atoms with Crippen LogP contribution in [-0.4, -0.2) is 35.6 Å². The van der Waals surface area contributed by atoms with Crippen LogP contribution in [0.4, 0.5) is 19.1 Å². The summed E-state index contributed by atoms with van der Waals surface area (Å²) < 4.78 is 43.0. The summed E-state index contributed by atoms with van der Waals surface area (Å²) in [6.07, 6.45) is 3.00. The Kier molecular flexibility index (Phi) is 5.25. The van der Waals surface area contributed by atoms with Crippen LogP contribution in [0, 0.1) is 0 Å². The molecule has 2 N–H and O–H groups in total. The van der Waals surface area contributed by atoms with E-state index in [-0.39, 0.29) is 17.8 Å². The van der Waals surface area contributed by atoms with Crippen LogP contribution in [-0.2, 0) is 19.3 Å². The van der Waals surface area contributed by atoms with Crippen LogP contribution in [0.5, 0.6) is 0 Å². The maximum absolute atomic E-state index is 13.3. The third-order valence-electron chi connectivity index (χ3n) is 4.60. The third-order valence-corrected chi connectivity index (χ3v) is 4.60. The van der Waals surface area contributed by atoms with E-state index in [0.29, 0.717) is 18.0 Å². The number of hydrogen-bond acceptors (Lipinski definition) is 5. The number of imidazole rings is 2. The molecule has 0 saturated heterocycles. The summed E-state index contributed by atoms with van der Waals surface area (Å²) in [5.74, 6) is 0.296. The number of rotatable bonds is 7. The molecule has 0 spiro atoms. The molecule has 0 bridgehead atoms. The average molecular weight is 417 g/mol. The van der Waals surface area contributed by atoms with Gasteiger partial charge in [-0.2, -0.15) is 18.2 Å². The van der Waals surface area contributed by atoms with Gasteiger partial charge >= 0.3 is 11.9 Å². The number of aromatic nitrogens is 6. The number of aromatic amines is 1. The lowest BCUT2D eigenvalue weighted by molar-refractivity contribution is -0.138. The molecule has 0 aliphatic heterocycles. The van der Waals surface area contributed by atoms with E-state index in [1.807, 2.05) is 10.8 Å². The van der Waals surface area contributed by atoms with Gasteiger partial charge in [0, 0.05) is 25.5 Å². The van der Waals surface area contributed by atoms with Crippen molar-refractivity contribution in [1.29, 1.82) is 0 Å². The van der Waals surface area contributed by atoms with E-state index in [2.05, 4.69) is 25.3 Å². The number of alkyl halides is 3. The summed E-state index contributed by atoms with van der Waals surface area (Å²) in [5.41, 5.74) is -0.745. The monoisotopic (exact) mass is 417 g/mol. The number of fused-ring (bicyclic) bond motifs is 1. The SMILES string of the molecule is O=c1[nH]c2cnc(NCCCn3ccnc3)nc2n1Cc1ccccc1C(F)(F)F. The van der Waals surface area contributed by atoms with Gasteiger partial charge in [0.2, 0.25) is 5.95 Å². The van der Waals surface area contributed by atoms with Crippen LogP contribution < -0.4 is 11.0 Å². The maximum Gasteiger partial charge on any atom is 0.416 e. The van der Waals surface area contributed by atoms with Crippen LogP contribution >= 0.6 is 0 Å². The first-order chi connectivity index (χ1) is 14.4. The summed E-state index contributed by atoms with van der Waals surface area (Å²) in [6, 6.07) is 5.17. The minimum absolute atomic E-state index is 0.0125. The van der Waals surface area contributed by atoms with Gasteiger partial charge in [-0.1, -0.05) is 18.2 Å². The molecule has 4 rings (SSSR count). The molecule has 0 atom stereocenters. The molecule has 8 nitrogen and oxygen atoms in total. The Hall–Kier alpha value is -3.63. The Balaban J connectivity index is 1.55. The van der Waals surface area contributed by atoms with Crippen molar-refractivity contribution in [2.45, 2.75) is 25.7 Å². The highest BCUT2D eigenvalue weighted by Crippen LogP contribution is 2.32. The Morgan fingerprint density at radius 2 is 2.03 bits per heavy atom. The first-order valence-electron chi connectivity index (χ1n) is 9.22. The molecule has 0 fully saturated rings. The zero-order valence-corrected chi connectivity index (χ0v) is 15.7. The van der Waals surface area contributed by atoms with E-state index in [4.69, 9.17) is 0 Å². The number of nitrogens with zero attached hydrogens (tertiary/aromatic N) is 5. The minimum Gasteiger partial charge on any atom is -0.354 e. The van der Waals surface area contributed by atoms with Gasteiger partial charge in [-0.3, -0.25) is 4.57 Å². The number of H-pyrrole nitrogens is 1. The molecular weight excluding hydrogens is 399 g/mol. The predicted octanol–water partition coefficient (Wildman–Crippen LogP) is 2.89. The van der Waals surface area contributed by atoms with E-state index in [9.17, 15) is 18.0 Å². The van der Waals surface area contributed by atoms with Crippen LogP contribution in [0.25, 0.3) is 11.2 Å². The van der Waals surface area contributed by atoms with Gasteiger partial charge in [0.05, 0.1) is 24.6 Å². The van der Waals surface area contributed by atoms with E-state index in [1.54, 1.807) is 12.5 Å². The lowest BCUT2D eigenvalue weighted by atomic mass is 10.1. The van der Waals surface area contributed by atoms with Crippen molar-refractivity contribution in [3.8, 4) is 0 Å². The molecule has 4 aromatic rings. The molecule has 0 saturated carbocycles. The van der Waals surface area contributed by atoms with E-state index in [1.165, 1.54) is 29.0 Å². The van der Waals surface area contributed by atoms with Gasteiger partial charge in [0.15, 0.2) is 5.65 Å². The fraction of sp³-hybridized carbons (Fsp3) is 0.263. The Labute approximate surface area is 168 Å². The van der Waals surface area contributed by atoms with Gasteiger partial charge < -0.3 is 14.9 Å². The van der Waals surface area contributed by atoms with Gasteiger partial charge in [-0.15, -0.1) is 0 Å². The predicted molar refractivity (Wildman–Crippen MR) is 104 cm³/mol. The second-order valence-electron chi connectivity index (χ2n) is 6.68. The number of aryl methyl sites for hydroxylation is 1. The standard InChI is InChI=1S/C19H18F3N7O/c20-19(21,22)14-5-2-1-4-13(14)11-29-16-15(26-18(29)30)10-25-17(27-16)24-6-3-8-28-9-7-23-12-28/h1-2,4-5,7,9-10,12H,3,6,8,11H2,(H,26,30)(H,24,25,27). The van der Waals surface area contributed by atoms with Gasteiger partial charge in [-0.05, 0) is 18.1 Å². The molecule has 1 aromatic carbocycles. The van der Waals surface area contributed by atoms with Gasteiger partial charge in [-0.25, -0.2) is 14.8 Å². The Morgan fingerprint density at radius 3 is 2.80 bits per heavy atom. The smallest absolute Gasteiger partial charge is 0.354 e. The molecule has 3 heterocycles. The van der Waals surface area contributed by atoms with Crippen LogP contribution in [0.2, 0.25) is 0 Å². The molecule has 156 valence electrons. The lowest BCUT2D eigenvalue weighted by Gasteiger charge is -2.13. The first-order valence-corrected chi connectivity index (χ1v) is 9.22. The van der Waals surface area contributed by atoms with Crippen molar-refractivity contribution in [3.05, 3.63) is 70.8 Å². The molecule has 0 aliphatic carbocycles. The number of halogens is 3. The van der Waals surface area contributed by atoms with Crippen molar-refractivity contribution >= 4 is 17.1 Å². The zero-order chi connectivity index (χ0) is 21.1. The summed E-state index contributed by atoms with van der Waals surface area (Å²) in [4.78, 5) is 27.4. The lowest BCUT2D eigenvalue weighted by Crippen LogP contribution is -2.20. The number of anilines is 1. The summed E-state index contributed by atoms with van der Waals surface area (Å²) in [7, 11) is 0. The molecule has 11 heteroatoms. The minimum atomic E-state index is -4.51. The molecular formula is C19H18F3N7O. The van der Waals surface area contributed by atoms with Crippen molar-refractivity contribution < 1.29 is 13.2 Å². The van der Waals surface area contributed by atoms with E-state index >= 15 is 0 Å². The second-order valence-corrected chi connectivity index (χ2v) is 6.68. The summed E-state index contributed by atoms with van der Waals surface area (Å²) in [5, 5.41) is 3.07. The van der Waals surface area contributed by atoms with Crippen LogP contribution in [0.15, 0.2) is 54.0 Å². The van der Waals surface area contributed by atoms with Gasteiger partial charge in [0.1, 0.15) is 5.52 Å². The highest BCUT2D eigenvalue weighted by atomic mass is 19.4. The van der Waals surface area contributed by atoms with Crippen molar-refractivity contribution in [2.75, 3.05) is 11.9 Å². The topological polar surface area (TPSA) is 93.4 Å². The van der Waals surface area contributed by atoms with Crippen molar-refractivity contribution in [2.24, 2.45) is 0 Å². The number of hydrogen-bond donors (Lipinski definition) is 2. The van der Waals surface area contributed by atoms with E-state index < -0.39 is 17.4 Å². The highest BCUT2D eigenvalue weighted by Gasteiger charge is 2.33. The van der Waals surface area contributed by atoms with Crippen molar-refractivity contribution in [3.63, 3.8) is 0 Å². The Morgan fingerprint density at radius 1 is 1.20 bits per heavy atom. The number of benzene rings is 1. The van der Waals surface area contributed by atoms with Crippen LogP contribution in [0.1, 0.15) is 17.5 Å². The fourth-order valence-electron chi connectivity index (χ4n) is 3.16. The quantitative estimate of drug-likeness (QED) is 0.451. The molecule has 0 aliphatic rings. The fourth-order valence-corrected chi connectivity index (χ4v) is 3.16. The molecule has 0 amide bonds. The maximum atomic E-state index is 13.3. The largest absolute Gasteiger partial charge is 0.416 e. The average Bonchev–Trinajstić information content (AvgIpc) is 3.33. The molecule has 0 radical (unpaired) electrons. The first kappa shape index (κ1) is 19.7. The highest BCUT2D eigenvalue weighted by molar-refractivity contribution is 5.71. The van der Waals surface area contributed by atoms with E-state index in [0.717, 1.165) is 19.0 Å². The second kappa shape index (κ2) is 8.01. The molecule has 0 unspecified atom stereocenters. The van der Waals surface area contributed by atoms with Gasteiger partial charge in [0.25, 0.3) is 0 Å². The summed E-state index contributed by atoms with van der Waals surface area (Å²) >= 11 is 0. The summed E-state index contributed by atoms with van der Waals surface area (Å²) in [6.45, 7) is 1.08. The number of nitrogens with one attached hydrogen (secondary N) is 2. The van der Waals surface area contributed by atoms with Crippen molar-refractivity contribution in [1.82, 2.24) is 29.1 Å². The third kappa shape index (κ3) is 4.19. The normalized spacial score (nSPS) is 11.8. The van der Waals surface area contributed by atoms with Crippen LogP contribution in [0.3, 0.4) is 0 Å². The Bertz CT molecular complexity index is 1200. The molecule has 30 heavy (non-hydrogen) atoms. The zero-order valence-electron chi connectivity index (χ0n) is 15.7. The molecule has 3 aromatic heterocycles.